The molecule has 0 aliphatic heterocycles. The lowest BCUT2D eigenvalue weighted by molar-refractivity contribution is -0.136. The first-order valence-corrected chi connectivity index (χ1v) is 3.54. The number of halogens is 3. The van der Waals surface area contributed by atoms with Crippen LogP contribution < -0.4 is 5.73 Å². The van der Waals surface area contributed by atoms with Gasteiger partial charge in [0.1, 0.15) is 0 Å². The van der Waals surface area contributed by atoms with Crippen LogP contribution in [0, 0.1) is 0 Å². The standard InChI is InChI=1S/C9H8F3N/c1-2-6-3-4-7(8(13)5-6)9(10,11)12/h2-5H,1,13H2. The van der Waals surface area contributed by atoms with E-state index in [4.69, 9.17) is 5.73 Å². The van der Waals surface area contributed by atoms with Crippen molar-refractivity contribution < 1.29 is 13.2 Å². The van der Waals surface area contributed by atoms with Gasteiger partial charge in [-0.1, -0.05) is 18.7 Å². The monoisotopic (exact) mass is 187 g/mol. The lowest BCUT2D eigenvalue weighted by Crippen LogP contribution is -2.08. The average Bonchev–Trinajstić information content (AvgIpc) is 2.01. The van der Waals surface area contributed by atoms with E-state index in [1.54, 1.807) is 0 Å². The molecule has 0 spiro atoms. The van der Waals surface area contributed by atoms with Crippen molar-refractivity contribution in [2.24, 2.45) is 0 Å². The van der Waals surface area contributed by atoms with E-state index in [1.807, 2.05) is 0 Å². The highest BCUT2D eigenvalue weighted by atomic mass is 19.4. The van der Waals surface area contributed by atoms with Crippen LogP contribution >= 0.6 is 0 Å². The van der Waals surface area contributed by atoms with Crippen molar-refractivity contribution in [2.75, 3.05) is 5.73 Å². The van der Waals surface area contributed by atoms with Crippen molar-refractivity contribution in [3.63, 3.8) is 0 Å². The number of nitrogens with two attached hydrogens (primary N) is 1. The van der Waals surface area contributed by atoms with Crippen LogP contribution in [0.4, 0.5) is 18.9 Å². The van der Waals surface area contributed by atoms with Crippen molar-refractivity contribution in [3.05, 3.63) is 35.9 Å². The van der Waals surface area contributed by atoms with Gasteiger partial charge in [-0.05, 0) is 17.7 Å². The number of alkyl halides is 3. The maximum Gasteiger partial charge on any atom is 0.418 e. The van der Waals surface area contributed by atoms with Crippen LogP contribution in [0.2, 0.25) is 0 Å². The highest BCUT2D eigenvalue weighted by Gasteiger charge is 2.32. The number of rotatable bonds is 1. The molecule has 70 valence electrons. The van der Waals surface area contributed by atoms with Gasteiger partial charge in [-0.3, -0.25) is 0 Å². The topological polar surface area (TPSA) is 26.0 Å². The van der Waals surface area contributed by atoms with Gasteiger partial charge in [-0.2, -0.15) is 13.2 Å². The zero-order valence-electron chi connectivity index (χ0n) is 6.73. The van der Waals surface area contributed by atoms with Gasteiger partial charge < -0.3 is 5.73 Å². The maximum atomic E-state index is 12.2. The molecular formula is C9H8F3N. The number of nitrogen functional groups attached to an aromatic ring is 1. The average molecular weight is 187 g/mol. The molecule has 0 saturated heterocycles. The quantitative estimate of drug-likeness (QED) is 0.672. The minimum Gasteiger partial charge on any atom is -0.398 e. The number of hydrogen-bond acceptors (Lipinski definition) is 1. The SMILES string of the molecule is C=Cc1ccc(C(F)(F)F)c(N)c1. The van der Waals surface area contributed by atoms with Crippen LogP contribution in [0.1, 0.15) is 11.1 Å². The number of benzene rings is 1. The van der Waals surface area contributed by atoms with Gasteiger partial charge in [0.25, 0.3) is 0 Å². The Bertz CT molecular complexity index is 328. The molecule has 0 unspecified atom stereocenters. The van der Waals surface area contributed by atoms with Gasteiger partial charge in [-0.25, -0.2) is 0 Å². The molecule has 0 radical (unpaired) electrons. The van der Waals surface area contributed by atoms with Crippen molar-refractivity contribution >= 4 is 11.8 Å². The Labute approximate surface area is 73.7 Å². The highest BCUT2D eigenvalue weighted by molar-refractivity contribution is 5.58. The van der Waals surface area contributed by atoms with E-state index in [2.05, 4.69) is 6.58 Å². The fourth-order valence-corrected chi connectivity index (χ4v) is 0.966. The molecule has 13 heavy (non-hydrogen) atoms. The maximum absolute atomic E-state index is 12.2. The molecule has 1 aromatic rings. The van der Waals surface area contributed by atoms with Gasteiger partial charge in [0.15, 0.2) is 0 Å². The molecule has 1 rings (SSSR count). The molecule has 0 atom stereocenters. The number of anilines is 1. The summed E-state index contributed by atoms with van der Waals surface area (Å²) in [5.41, 5.74) is 4.71. The second-order valence-corrected chi connectivity index (χ2v) is 2.55. The lowest BCUT2D eigenvalue weighted by atomic mass is 10.1. The molecule has 0 saturated carbocycles. The Morgan fingerprint density at radius 3 is 2.31 bits per heavy atom. The summed E-state index contributed by atoms with van der Waals surface area (Å²) in [6, 6.07) is 3.52. The first-order valence-electron chi connectivity index (χ1n) is 3.54. The van der Waals surface area contributed by atoms with Crippen LogP contribution in [-0.4, -0.2) is 0 Å². The van der Waals surface area contributed by atoms with Crippen molar-refractivity contribution in [3.8, 4) is 0 Å². The van der Waals surface area contributed by atoms with Gasteiger partial charge in [-0.15, -0.1) is 0 Å². The van der Waals surface area contributed by atoms with Gasteiger partial charge in [0, 0.05) is 5.69 Å². The van der Waals surface area contributed by atoms with E-state index in [1.165, 1.54) is 18.2 Å². The van der Waals surface area contributed by atoms with Crippen LogP contribution in [0.25, 0.3) is 6.08 Å². The summed E-state index contributed by atoms with van der Waals surface area (Å²) < 4.78 is 36.5. The molecule has 0 aliphatic rings. The molecule has 0 bridgehead atoms. The Hall–Kier alpha value is -1.45. The normalized spacial score (nSPS) is 11.3. The van der Waals surface area contributed by atoms with E-state index in [0.717, 1.165) is 6.07 Å². The Morgan fingerprint density at radius 2 is 1.92 bits per heavy atom. The van der Waals surface area contributed by atoms with Crippen LogP contribution in [0.5, 0.6) is 0 Å². The van der Waals surface area contributed by atoms with Gasteiger partial charge in [0.2, 0.25) is 0 Å². The summed E-state index contributed by atoms with van der Waals surface area (Å²) in [6.07, 6.45) is -2.94. The Balaban J connectivity index is 3.20. The second-order valence-electron chi connectivity index (χ2n) is 2.55. The molecule has 0 amide bonds. The third kappa shape index (κ3) is 2.02. The fraction of sp³-hybridized carbons (Fsp3) is 0.111. The summed E-state index contributed by atoms with van der Waals surface area (Å²) in [6.45, 7) is 3.43. The van der Waals surface area contributed by atoms with Crippen molar-refractivity contribution in [1.29, 1.82) is 0 Å². The number of hydrogen-bond donors (Lipinski definition) is 1. The molecular weight excluding hydrogens is 179 g/mol. The smallest absolute Gasteiger partial charge is 0.398 e. The first-order chi connectivity index (χ1) is 5.95. The summed E-state index contributed by atoms with van der Waals surface area (Å²) in [5, 5.41) is 0. The third-order valence-corrected chi connectivity index (χ3v) is 1.62. The van der Waals surface area contributed by atoms with Gasteiger partial charge in [0.05, 0.1) is 5.56 Å². The minimum absolute atomic E-state index is 0.273. The zero-order chi connectivity index (χ0) is 10.1. The zero-order valence-corrected chi connectivity index (χ0v) is 6.73. The van der Waals surface area contributed by atoms with Crippen LogP contribution in [-0.2, 0) is 6.18 Å². The van der Waals surface area contributed by atoms with Gasteiger partial charge >= 0.3 is 6.18 Å². The van der Waals surface area contributed by atoms with Crippen molar-refractivity contribution in [2.45, 2.75) is 6.18 Å². The van der Waals surface area contributed by atoms with Crippen molar-refractivity contribution in [1.82, 2.24) is 0 Å². The van der Waals surface area contributed by atoms with E-state index in [-0.39, 0.29) is 5.69 Å². The van der Waals surface area contributed by atoms with E-state index in [9.17, 15) is 13.2 Å². The molecule has 1 nitrogen and oxygen atoms in total. The molecule has 4 heteroatoms. The first kappa shape index (κ1) is 9.64. The summed E-state index contributed by atoms with van der Waals surface area (Å²) in [7, 11) is 0. The summed E-state index contributed by atoms with van der Waals surface area (Å²) in [5.74, 6) is 0. The highest BCUT2D eigenvalue weighted by Crippen LogP contribution is 2.33. The lowest BCUT2D eigenvalue weighted by Gasteiger charge is -2.09. The molecule has 0 heterocycles. The van der Waals surface area contributed by atoms with Crippen LogP contribution in [0.15, 0.2) is 24.8 Å². The second kappa shape index (κ2) is 3.12. The molecule has 0 aromatic heterocycles. The molecule has 0 aliphatic carbocycles. The predicted molar refractivity (Wildman–Crippen MR) is 45.9 cm³/mol. The fourth-order valence-electron chi connectivity index (χ4n) is 0.966. The van der Waals surface area contributed by atoms with E-state index in [0.29, 0.717) is 5.56 Å². The summed E-state index contributed by atoms with van der Waals surface area (Å²) in [4.78, 5) is 0. The largest absolute Gasteiger partial charge is 0.418 e. The van der Waals surface area contributed by atoms with Crippen LogP contribution in [0.3, 0.4) is 0 Å². The predicted octanol–water partition coefficient (Wildman–Crippen LogP) is 2.93. The summed E-state index contributed by atoms with van der Waals surface area (Å²) >= 11 is 0. The Kier molecular flexibility index (Phi) is 2.32. The molecule has 1 aromatic carbocycles. The Morgan fingerprint density at radius 1 is 1.31 bits per heavy atom. The van der Waals surface area contributed by atoms with E-state index < -0.39 is 11.7 Å². The van der Waals surface area contributed by atoms with E-state index >= 15 is 0 Å². The molecule has 2 N–H and O–H groups in total. The third-order valence-electron chi connectivity index (χ3n) is 1.62. The minimum atomic E-state index is -4.39. The molecule has 0 fully saturated rings.